The molecule has 0 fully saturated rings. The fourth-order valence-electron chi connectivity index (χ4n) is 2.48. The van der Waals surface area contributed by atoms with Crippen molar-refractivity contribution in [1.29, 1.82) is 0 Å². The van der Waals surface area contributed by atoms with E-state index in [4.69, 9.17) is 0 Å². The third-order valence-corrected chi connectivity index (χ3v) is 4.02. The Kier molecular flexibility index (Phi) is 6.54. The first-order valence-electron chi connectivity index (χ1n) is 7.85. The SMILES string of the molecule is CCC(C)(CNCC(C)C)CN(C)c1cccc(C)c1. The molecule has 1 unspecified atom stereocenters. The molecule has 20 heavy (non-hydrogen) atoms. The summed E-state index contributed by atoms with van der Waals surface area (Å²) in [6.07, 6.45) is 1.19. The summed E-state index contributed by atoms with van der Waals surface area (Å²) >= 11 is 0. The van der Waals surface area contributed by atoms with Crippen LogP contribution in [-0.2, 0) is 0 Å². The van der Waals surface area contributed by atoms with Crippen LogP contribution >= 0.6 is 0 Å². The zero-order valence-corrected chi connectivity index (χ0v) is 14.2. The van der Waals surface area contributed by atoms with Crippen LogP contribution in [0.15, 0.2) is 24.3 Å². The number of rotatable bonds is 8. The van der Waals surface area contributed by atoms with Gasteiger partial charge in [-0.05, 0) is 48.9 Å². The molecule has 1 N–H and O–H groups in total. The Balaban J connectivity index is 2.61. The number of nitrogens with one attached hydrogen (secondary N) is 1. The first-order valence-corrected chi connectivity index (χ1v) is 7.85. The van der Waals surface area contributed by atoms with Gasteiger partial charge < -0.3 is 10.2 Å². The highest BCUT2D eigenvalue weighted by atomic mass is 15.1. The zero-order valence-electron chi connectivity index (χ0n) is 14.2. The lowest BCUT2D eigenvalue weighted by atomic mass is 9.86. The number of nitrogens with zero attached hydrogens (tertiary/aromatic N) is 1. The van der Waals surface area contributed by atoms with Crippen molar-refractivity contribution in [3.63, 3.8) is 0 Å². The van der Waals surface area contributed by atoms with Crippen LogP contribution in [0.1, 0.15) is 39.7 Å². The Bertz CT molecular complexity index is 400. The van der Waals surface area contributed by atoms with Crippen molar-refractivity contribution in [2.45, 2.75) is 41.0 Å². The van der Waals surface area contributed by atoms with E-state index in [0.717, 1.165) is 19.6 Å². The largest absolute Gasteiger partial charge is 0.374 e. The molecular formula is C18H32N2. The van der Waals surface area contributed by atoms with Gasteiger partial charge in [-0.25, -0.2) is 0 Å². The molecule has 0 saturated carbocycles. The molecule has 114 valence electrons. The molecule has 1 atom stereocenters. The highest BCUT2D eigenvalue weighted by Crippen LogP contribution is 2.24. The molecule has 0 aliphatic rings. The highest BCUT2D eigenvalue weighted by molar-refractivity contribution is 5.47. The summed E-state index contributed by atoms with van der Waals surface area (Å²) in [6, 6.07) is 8.75. The lowest BCUT2D eigenvalue weighted by Gasteiger charge is -2.34. The minimum Gasteiger partial charge on any atom is -0.374 e. The Morgan fingerprint density at radius 2 is 2.00 bits per heavy atom. The molecule has 0 heterocycles. The van der Waals surface area contributed by atoms with Crippen LogP contribution < -0.4 is 10.2 Å². The number of hydrogen-bond acceptors (Lipinski definition) is 2. The third kappa shape index (κ3) is 5.54. The predicted octanol–water partition coefficient (Wildman–Crippen LogP) is 4.09. The van der Waals surface area contributed by atoms with Crippen molar-refractivity contribution in [1.82, 2.24) is 5.32 Å². The quantitative estimate of drug-likeness (QED) is 0.769. The minimum absolute atomic E-state index is 0.313. The van der Waals surface area contributed by atoms with Crippen molar-refractivity contribution in [2.24, 2.45) is 11.3 Å². The van der Waals surface area contributed by atoms with E-state index in [1.165, 1.54) is 17.7 Å². The molecule has 0 radical (unpaired) electrons. The van der Waals surface area contributed by atoms with Crippen LogP contribution in [0.3, 0.4) is 0 Å². The van der Waals surface area contributed by atoms with Crippen LogP contribution in [0, 0.1) is 18.3 Å². The first-order chi connectivity index (χ1) is 9.36. The van der Waals surface area contributed by atoms with E-state index in [9.17, 15) is 0 Å². The molecule has 0 spiro atoms. The Morgan fingerprint density at radius 3 is 2.55 bits per heavy atom. The van der Waals surface area contributed by atoms with E-state index < -0.39 is 0 Å². The molecule has 2 nitrogen and oxygen atoms in total. The van der Waals surface area contributed by atoms with Crippen LogP contribution in [-0.4, -0.2) is 26.7 Å². The van der Waals surface area contributed by atoms with Gasteiger partial charge in [-0.1, -0.05) is 39.8 Å². The Hall–Kier alpha value is -1.02. The second-order valence-corrected chi connectivity index (χ2v) is 6.88. The highest BCUT2D eigenvalue weighted by Gasteiger charge is 2.24. The lowest BCUT2D eigenvalue weighted by Crippen LogP contribution is -2.41. The Morgan fingerprint density at radius 1 is 1.30 bits per heavy atom. The maximum absolute atomic E-state index is 3.62. The fourth-order valence-corrected chi connectivity index (χ4v) is 2.48. The number of aryl methyl sites for hydroxylation is 1. The van der Waals surface area contributed by atoms with Crippen molar-refractivity contribution in [2.75, 3.05) is 31.6 Å². The molecule has 2 heteroatoms. The fraction of sp³-hybridized carbons (Fsp3) is 0.667. The number of anilines is 1. The molecule has 1 aromatic carbocycles. The summed E-state index contributed by atoms with van der Waals surface area (Å²) < 4.78 is 0. The molecule has 0 saturated heterocycles. The molecule has 0 aromatic heterocycles. The van der Waals surface area contributed by atoms with Crippen molar-refractivity contribution in [3.05, 3.63) is 29.8 Å². The maximum atomic E-state index is 3.62. The van der Waals surface area contributed by atoms with Crippen LogP contribution in [0.25, 0.3) is 0 Å². The van der Waals surface area contributed by atoms with Gasteiger partial charge in [0, 0.05) is 25.8 Å². The van der Waals surface area contributed by atoms with Crippen LogP contribution in [0.2, 0.25) is 0 Å². The zero-order chi connectivity index (χ0) is 15.2. The van der Waals surface area contributed by atoms with Gasteiger partial charge in [0.05, 0.1) is 0 Å². The summed E-state index contributed by atoms with van der Waals surface area (Å²) in [5, 5.41) is 3.62. The van der Waals surface area contributed by atoms with Crippen LogP contribution in [0.5, 0.6) is 0 Å². The number of hydrogen-bond donors (Lipinski definition) is 1. The van der Waals surface area contributed by atoms with E-state index in [0.29, 0.717) is 11.3 Å². The first kappa shape index (κ1) is 17.0. The summed E-state index contributed by atoms with van der Waals surface area (Å²) in [4.78, 5) is 2.38. The van der Waals surface area contributed by atoms with E-state index >= 15 is 0 Å². The summed E-state index contributed by atoms with van der Waals surface area (Å²) in [5.41, 5.74) is 2.95. The molecule has 0 aliphatic heterocycles. The standard InChI is InChI=1S/C18H32N2/c1-7-18(5,13-19-12-15(2)3)14-20(6)17-10-8-9-16(4)11-17/h8-11,15,19H,7,12-14H2,1-6H3. The monoisotopic (exact) mass is 276 g/mol. The predicted molar refractivity (Wildman–Crippen MR) is 90.6 cm³/mol. The molecule has 0 bridgehead atoms. The van der Waals surface area contributed by atoms with Gasteiger partial charge in [-0.3, -0.25) is 0 Å². The van der Waals surface area contributed by atoms with Crippen molar-refractivity contribution in [3.8, 4) is 0 Å². The van der Waals surface area contributed by atoms with Crippen molar-refractivity contribution < 1.29 is 0 Å². The average molecular weight is 276 g/mol. The van der Waals surface area contributed by atoms with Gasteiger partial charge in [0.2, 0.25) is 0 Å². The maximum Gasteiger partial charge on any atom is 0.0366 e. The normalized spacial score (nSPS) is 14.3. The van der Waals surface area contributed by atoms with Gasteiger partial charge in [-0.2, -0.15) is 0 Å². The van der Waals surface area contributed by atoms with E-state index in [2.05, 4.69) is 76.1 Å². The minimum atomic E-state index is 0.313. The Labute approximate surface area is 125 Å². The summed E-state index contributed by atoms with van der Waals surface area (Å²) in [5.74, 6) is 0.714. The van der Waals surface area contributed by atoms with Gasteiger partial charge in [-0.15, -0.1) is 0 Å². The van der Waals surface area contributed by atoms with Gasteiger partial charge >= 0.3 is 0 Å². The second-order valence-electron chi connectivity index (χ2n) is 6.88. The van der Waals surface area contributed by atoms with Gasteiger partial charge in [0.1, 0.15) is 0 Å². The smallest absolute Gasteiger partial charge is 0.0366 e. The topological polar surface area (TPSA) is 15.3 Å². The second kappa shape index (κ2) is 7.68. The summed E-state index contributed by atoms with van der Waals surface area (Å²) in [7, 11) is 2.20. The molecule has 1 aromatic rings. The average Bonchev–Trinajstić information content (AvgIpc) is 2.38. The van der Waals surface area contributed by atoms with E-state index in [1.54, 1.807) is 0 Å². The molecule has 1 rings (SSSR count). The molecule has 0 aliphatic carbocycles. The van der Waals surface area contributed by atoms with Gasteiger partial charge in [0.15, 0.2) is 0 Å². The number of benzene rings is 1. The van der Waals surface area contributed by atoms with Crippen molar-refractivity contribution >= 4 is 5.69 Å². The van der Waals surface area contributed by atoms with Gasteiger partial charge in [0.25, 0.3) is 0 Å². The third-order valence-electron chi connectivity index (χ3n) is 4.02. The van der Waals surface area contributed by atoms with E-state index in [-0.39, 0.29) is 0 Å². The molecular weight excluding hydrogens is 244 g/mol. The summed E-state index contributed by atoms with van der Waals surface area (Å²) in [6.45, 7) is 14.6. The lowest BCUT2D eigenvalue weighted by molar-refractivity contribution is 0.294. The van der Waals surface area contributed by atoms with Crippen LogP contribution in [0.4, 0.5) is 5.69 Å². The molecule has 0 amide bonds. The van der Waals surface area contributed by atoms with E-state index in [1.807, 2.05) is 0 Å².